The molecule has 1 aliphatic heterocycles. The van der Waals surface area contributed by atoms with Crippen LogP contribution in [-0.4, -0.2) is 23.5 Å². The second-order valence-electron chi connectivity index (χ2n) is 7.40. The zero-order valence-corrected chi connectivity index (χ0v) is 16.1. The summed E-state index contributed by atoms with van der Waals surface area (Å²) in [6, 6.07) is 16.7. The van der Waals surface area contributed by atoms with Crippen molar-refractivity contribution in [2.45, 2.75) is 39.7 Å². The molecule has 0 fully saturated rings. The van der Waals surface area contributed by atoms with E-state index in [2.05, 4.69) is 48.3 Å². The largest absolute Gasteiger partial charge is 0.350 e. The van der Waals surface area contributed by atoms with Crippen molar-refractivity contribution >= 4 is 28.3 Å². The number of benzene rings is 2. The Balaban J connectivity index is 1.61. The number of anilines is 2. The minimum Gasteiger partial charge on any atom is -0.350 e. The lowest BCUT2D eigenvalue weighted by atomic mass is 10.1. The molecule has 27 heavy (non-hydrogen) atoms. The van der Waals surface area contributed by atoms with Crippen LogP contribution in [0.4, 0.5) is 11.5 Å². The van der Waals surface area contributed by atoms with Crippen LogP contribution < -0.4 is 10.2 Å². The number of carbonyl (C=O) groups is 1. The van der Waals surface area contributed by atoms with Crippen molar-refractivity contribution < 1.29 is 4.79 Å². The second kappa shape index (κ2) is 7.03. The van der Waals surface area contributed by atoms with Gasteiger partial charge in [0, 0.05) is 29.2 Å². The molecule has 0 aliphatic carbocycles. The Kier molecular flexibility index (Phi) is 4.56. The number of carbonyl (C=O) groups excluding carboxylic acids is 1. The van der Waals surface area contributed by atoms with E-state index in [1.807, 2.05) is 31.2 Å². The van der Waals surface area contributed by atoms with Gasteiger partial charge in [0.15, 0.2) is 0 Å². The van der Waals surface area contributed by atoms with Crippen molar-refractivity contribution in [3.8, 4) is 0 Å². The number of amides is 1. The van der Waals surface area contributed by atoms with Gasteiger partial charge in [-0.2, -0.15) is 0 Å². The smallest absolute Gasteiger partial charge is 0.251 e. The van der Waals surface area contributed by atoms with Crippen LogP contribution >= 0.6 is 0 Å². The van der Waals surface area contributed by atoms with Gasteiger partial charge in [0.2, 0.25) is 0 Å². The lowest BCUT2D eigenvalue weighted by Gasteiger charge is -2.19. The van der Waals surface area contributed by atoms with E-state index < -0.39 is 0 Å². The van der Waals surface area contributed by atoms with Crippen molar-refractivity contribution in [2.75, 3.05) is 11.4 Å². The van der Waals surface area contributed by atoms with E-state index in [4.69, 9.17) is 4.98 Å². The summed E-state index contributed by atoms with van der Waals surface area (Å²) in [5.41, 5.74) is 5.31. The highest BCUT2D eigenvalue weighted by atomic mass is 16.1. The zero-order valence-electron chi connectivity index (χ0n) is 16.1. The minimum atomic E-state index is -0.0164. The fourth-order valence-corrected chi connectivity index (χ4v) is 3.52. The van der Waals surface area contributed by atoms with Gasteiger partial charge in [0.1, 0.15) is 5.82 Å². The highest BCUT2D eigenvalue weighted by Gasteiger charge is 2.23. The Hall–Kier alpha value is -2.88. The molecule has 0 saturated carbocycles. The third kappa shape index (κ3) is 3.39. The lowest BCUT2D eigenvalue weighted by Crippen LogP contribution is -2.31. The van der Waals surface area contributed by atoms with E-state index in [9.17, 15) is 4.79 Å². The Morgan fingerprint density at radius 2 is 1.96 bits per heavy atom. The number of aromatic nitrogens is 1. The molecule has 4 nitrogen and oxygen atoms in total. The fraction of sp³-hybridized carbons (Fsp3) is 0.304. The first kappa shape index (κ1) is 17.5. The molecular formula is C23H25N3O. The summed E-state index contributed by atoms with van der Waals surface area (Å²) in [5, 5.41) is 4.20. The standard InChI is InChI=1S/C23H25N3O/c1-4-16(3)24-23(27)17-7-9-20(10-8-17)26-12-11-19-14-18-6-5-15(2)13-21(18)25-22(19)26/h5-10,13-14,16H,4,11-12H2,1-3H3,(H,24,27). The van der Waals surface area contributed by atoms with E-state index >= 15 is 0 Å². The van der Waals surface area contributed by atoms with Crippen LogP contribution in [0.25, 0.3) is 10.9 Å². The number of nitrogens with zero attached hydrogens (tertiary/aromatic N) is 2. The van der Waals surface area contributed by atoms with Gasteiger partial charge < -0.3 is 10.2 Å². The van der Waals surface area contributed by atoms with Crippen LogP contribution in [0.5, 0.6) is 0 Å². The zero-order chi connectivity index (χ0) is 19.0. The Bertz CT molecular complexity index is 994. The quantitative estimate of drug-likeness (QED) is 0.730. The molecule has 1 aromatic heterocycles. The molecule has 0 spiro atoms. The highest BCUT2D eigenvalue weighted by Crippen LogP contribution is 2.35. The van der Waals surface area contributed by atoms with E-state index in [1.54, 1.807) is 0 Å². The van der Waals surface area contributed by atoms with Gasteiger partial charge in [-0.1, -0.05) is 19.1 Å². The topological polar surface area (TPSA) is 45.2 Å². The van der Waals surface area contributed by atoms with Gasteiger partial charge >= 0.3 is 0 Å². The molecule has 1 unspecified atom stereocenters. The van der Waals surface area contributed by atoms with Crippen LogP contribution in [0.3, 0.4) is 0 Å². The molecule has 0 bridgehead atoms. The maximum absolute atomic E-state index is 12.3. The van der Waals surface area contributed by atoms with Crippen molar-refractivity contribution in [1.82, 2.24) is 10.3 Å². The second-order valence-corrected chi connectivity index (χ2v) is 7.40. The normalized spacial score (nSPS) is 14.3. The number of hydrogen-bond acceptors (Lipinski definition) is 3. The first-order valence-electron chi connectivity index (χ1n) is 9.64. The molecular weight excluding hydrogens is 334 g/mol. The van der Waals surface area contributed by atoms with Crippen LogP contribution in [0, 0.1) is 6.92 Å². The molecule has 2 heterocycles. The van der Waals surface area contributed by atoms with Gasteiger partial charge in [-0.15, -0.1) is 0 Å². The van der Waals surface area contributed by atoms with Crippen molar-refractivity contribution in [1.29, 1.82) is 0 Å². The van der Waals surface area contributed by atoms with E-state index in [-0.39, 0.29) is 11.9 Å². The summed E-state index contributed by atoms with van der Waals surface area (Å²) < 4.78 is 0. The molecule has 138 valence electrons. The summed E-state index contributed by atoms with van der Waals surface area (Å²) >= 11 is 0. The molecule has 1 amide bonds. The molecule has 1 aliphatic rings. The van der Waals surface area contributed by atoms with E-state index in [0.717, 1.165) is 36.4 Å². The van der Waals surface area contributed by atoms with Crippen molar-refractivity contribution in [3.63, 3.8) is 0 Å². The van der Waals surface area contributed by atoms with E-state index in [0.29, 0.717) is 5.56 Å². The van der Waals surface area contributed by atoms with Gasteiger partial charge in [-0.25, -0.2) is 4.98 Å². The van der Waals surface area contributed by atoms with Gasteiger partial charge in [-0.3, -0.25) is 4.79 Å². The first-order valence-corrected chi connectivity index (χ1v) is 9.64. The Labute approximate surface area is 160 Å². The summed E-state index contributed by atoms with van der Waals surface area (Å²) in [7, 11) is 0. The van der Waals surface area contributed by atoms with E-state index in [1.165, 1.54) is 16.5 Å². The Morgan fingerprint density at radius 3 is 2.70 bits per heavy atom. The average molecular weight is 359 g/mol. The monoisotopic (exact) mass is 359 g/mol. The lowest BCUT2D eigenvalue weighted by molar-refractivity contribution is 0.0939. The predicted octanol–water partition coefficient (Wildman–Crippen LogP) is 4.77. The van der Waals surface area contributed by atoms with Gasteiger partial charge in [-0.05, 0) is 74.2 Å². The number of hydrogen-bond donors (Lipinski definition) is 1. The van der Waals surface area contributed by atoms with Crippen LogP contribution in [0.2, 0.25) is 0 Å². The number of rotatable bonds is 4. The average Bonchev–Trinajstić information content (AvgIpc) is 3.08. The molecule has 4 rings (SSSR count). The molecule has 0 radical (unpaired) electrons. The molecule has 1 N–H and O–H groups in total. The number of fused-ring (bicyclic) bond motifs is 2. The summed E-state index contributed by atoms with van der Waals surface area (Å²) in [4.78, 5) is 19.5. The molecule has 1 atom stereocenters. The molecule has 0 saturated heterocycles. The van der Waals surface area contributed by atoms with Crippen molar-refractivity contribution in [3.05, 3.63) is 65.2 Å². The third-order valence-electron chi connectivity index (χ3n) is 5.32. The molecule has 4 heteroatoms. The Morgan fingerprint density at radius 1 is 1.19 bits per heavy atom. The predicted molar refractivity (Wildman–Crippen MR) is 111 cm³/mol. The summed E-state index contributed by atoms with van der Waals surface area (Å²) in [5.74, 6) is 1.02. The highest BCUT2D eigenvalue weighted by molar-refractivity contribution is 5.95. The maximum atomic E-state index is 12.3. The summed E-state index contributed by atoms with van der Waals surface area (Å²) in [6.45, 7) is 7.09. The minimum absolute atomic E-state index is 0.0164. The number of pyridine rings is 1. The third-order valence-corrected chi connectivity index (χ3v) is 5.32. The SMILES string of the molecule is CCC(C)NC(=O)c1ccc(N2CCc3cc4ccc(C)cc4nc32)cc1. The van der Waals surface area contributed by atoms with Gasteiger partial charge in [0.05, 0.1) is 5.52 Å². The van der Waals surface area contributed by atoms with Crippen LogP contribution in [0.15, 0.2) is 48.5 Å². The van der Waals surface area contributed by atoms with Crippen LogP contribution in [-0.2, 0) is 6.42 Å². The van der Waals surface area contributed by atoms with Crippen molar-refractivity contribution in [2.24, 2.45) is 0 Å². The molecule has 3 aromatic rings. The molecule has 2 aromatic carbocycles. The van der Waals surface area contributed by atoms with Gasteiger partial charge in [0.25, 0.3) is 5.91 Å². The number of nitrogens with one attached hydrogen (secondary N) is 1. The van der Waals surface area contributed by atoms with Crippen LogP contribution in [0.1, 0.15) is 41.8 Å². The maximum Gasteiger partial charge on any atom is 0.251 e. The summed E-state index contributed by atoms with van der Waals surface area (Å²) in [6.07, 6.45) is 1.91. The number of aryl methyl sites for hydroxylation is 1. The first-order chi connectivity index (χ1) is 13.0. The fourth-order valence-electron chi connectivity index (χ4n) is 3.52.